The van der Waals surface area contributed by atoms with E-state index in [4.69, 9.17) is 13.9 Å². The van der Waals surface area contributed by atoms with Crippen molar-refractivity contribution in [2.24, 2.45) is 0 Å². The van der Waals surface area contributed by atoms with Crippen LogP contribution >= 0.6 is 0 Å². The summed E-state index contributed by atoms with van der Waals surface area (Å²) in [5.41, 5.74) is 2.66. The van der Waals surface area contributed by atoms with E-state index >= 15 is 0 Å². The second-order valence-corrected chi connectivity index (χ2v) is 7.36. The van der Waals surface area contributed by atoms with Crippen molar-refractivity contribution >= 4 is 16.9 Å². The number of aromatic amines is 1. The summed E-state index contributed by atoms with van der Waals surface area (Å²) in [7, 11) is 1.39. The molecular weight excluding hydrogens is 380 g/mol. The minimum Gasteiger partial charge on any atom is -0.489 e. The lowest BCUT2D eigenvalue weighted by Crippen LogP contribution is -2.54. The van der Waals surface area contributed by atoms with E-state index in [0.29, 0.717) is 18.9 Å². The predicted octanol–water partition coefficient (Wildman–Crippen LogP) is 3.90. The highest BCUT2D eigenvalue weighted by molar-refractivity contribution is 5.93. The topological polar surface area (TPSA) is 76.5 Å². The molecule has 0 amide bonds. The molecular formula is C24H22N2O4. The van der Waals surface area contributed by atoms with Crippen molar-refractivity contribution in [3.8, 4) is 5.75 Å². The zero-order valence-electron chi connectivity index (χ0n) is 16.6. The summed E-state index contributed by atoms with van der Waals surface area (Å²) in [4.78, 5) is 16.4. The van der Waals surface area contributed by atoms with Gasteiger partial charge in [-0.05, 0) is 41.8 Å². The quantitative estimate of drug-likeness (QED) is 0.495. The summed E-state index contributed by atoms with van der Waals surface area (Å²) < 4.78 is 16.8. The molecule has 6 nitrogen and oxygen atoms in total. The van der Waals surface area contributed by atoms with Crippen molar-refractivity contribution in [3.63, 3.8) is 0 Å². The van der Waals surface area contributed by atoms with Crippen LogP contribution in [0.4, 0.5) is 0 Å². The Kier molecular flexibility index (Phi) is 4.56. The Bertz CT molecular complexity index is 1180. The molecule has 0 radical (unpaired) electrons. The number of hydrogen-bond donors (Lipinski definition) is 2. The Morgan fingerprint density at radius 1 is 1.13 bits per heavy atom. The zero-order chi connectivity index (χ0) is 20.6. The molecule has 2 aromatic carbocycles. The second kappa shape index (κ2) is 7.39. The average molecular weight is 402 g/mol. The van der Waals surface area contributed by atoms with Gasteiger partial charge in [-0.1, -0.05) is 30.3 Å². The Morgan fingerprint density at radius 2 is 2.00 bits per heavy atom. The molecule has 1 aliphatic rings. The van der Waals surface area contributed by atoms with Gasteiger partial charge in [0.2, 0.25) is 5.54 Å². The summed E-state index contributed by atoms with van der Waals surface area (Å²) in [6.45, 7) is 1.12. The standard InChI is InChI=1S/C24H22N2O4/c1-28-23(27)24(21-8-5-13-29-21)22-19(11-12-25-24)18-10-9-17(14-20(18)26-22)30-15-16-6-3-2-4-7-16/h2-10,13-14,25-26H,11-12,15H2,1H3. The zero-order valence-corrected chi connectivity index (χ0v) is 16.6. The molecule has 1 unspecified atom stereocenters. The first-order valence-corrected chi connectivity index (χ1v) is 9.91. The molecule has 0 saturated heterocycles. The first kappa shape index (κ1) is 18.5. The van der Waals surface area contributed by atoms with Crippen LogP contribution in [-0.4, -0.2) is 24.6 Å². The fourth-order valence-corrected chi connectivity index (χ4v) is 4.24. The van der Waals surface area contributed by atoms with E-state index in [-0.39, 0.29) is 0 Å². The molecule has 0 aliphatic carbocycles. The molecule has 30 heavy (non-hydrogen) atoms. The number of furan rings is 1. The number of hydrogen-bond acceptors (Lipinski definition) is 5. The summed E-state index contributed by atoms with van der Waals surface area (Å²) in [6, 6.07) is 19.6. The molecule has 1 aliphatic heterocycles. The molecule has 4 aromatic rings. The molecule has 152 valence electrons. The van der Waals surface area contributed by atoms with Gasteiger partial charge < -0.3 is 18.9 Å². The molecule has 0 saturated carbocycles. The maximum absolute atomic E-state index is 13.0. The first-order chi connectivity index (χ1) is 14.7. The maximum Gasteiger partial charge on any atom is 0.340 e. The van der Waals surface area contributed by atoms with Gasteiger partial charge in [0.15, 0.2) is 0 Å². The van der Waals surface area contributed by atoms with E-state index < -0.39 is 11.5 Å². The predicted molar refractivity (Wildman–Crippen MR) is 112 cm³/mol. The number of ether oxygens (including phenoxy) is 2. The van der Waals surface area contributed by atoms with E-state index in [1.165, 1.54) is 7.11 Å². The van der Waals surface area contributed by atoms with E-state index in [1.807, 2.05) is 48.5 Å². The Labute approximate surface area is 173 Å². The number of nitrogens with one attached hydrogen (secondary N) is 2. The lowest BCUT2D eigenvalue weighted by molar-refractivity contribution is -0.148. The van der Waals surface area contributed by atoms with Gasteiger partial charge in [0, 0.05) is 23.5 Å². The molecule has 0 bridgehead atoms. The summed E-state index contributed by atoms with van der Waals surface area (Å²) in [6.07, 6.45) is 2.35. The number of methoxy groups -OCH3 is 1. The molecule has 0 spiro atoms. The SMILES string of the molecule is COC(=O)C1(c2ccco2)NCCc2c1[nH]c1cc(OCc3ccccc3)ccc21. The minimum atomic E-state index is -1.20. The summed E-state index contributed by atoms with van der Waals surface area (Å²) in [5, 5.41) is 4.40. The molecule has 3 heterocycles. The summed E-state index contributed by atoms with van der Waals surface area (Å²) in [5.74, 6) is 0.854. The number of carbonyl (C=O) groups excluding carboxylic acids is 1. The van der Waals surface area contributed by atoms with Crippen LogP contribution in [0.2, 0.25) is 0 Å². The van der Waals surface area contributed by atoms with Crippen molar-refractivity contribution in [1.82, 2.24) is 10.3 Å². The van der Waals surface area contributed by atoms with Crippen LogP contribution in [0.15, 0.2) is 71.3 Å². The first-order valence-electron chi connectivity index (χ1n) is 9.91. The highest BCUT2D eigenvalue weighted by Crippen LogP contribution is 2.40. The van der Waals surface area contributed by atoms with Crippen LogP contribution in [0.1, 0.15) is 22.6 Å². The minimum absolute atomic E-state index is 0.412. The smallest absolute Gasteiger partial charge is 0.340 e. The van der Waals surface area contributed by atoms with Gasteiger partial charge >= 0.3 is 5.97 Å². The normalized spacial score (nSPS) is 18.2. The third-order valence-corrected chi connectivity index (χ3v) is 5.65. The number of benzene rings is 2. The number of rotatable bonds is 5. The van der Waals surface area contributed by atoms with Crippen molar-refractivity contribution in [2.45, 2.75) is 18.6 Å². The van der Waals surface area contributed by atoms with Crippen molar-refractivity contribution in [1.29, 1.82) is 0 Å². The fourth-order valence-electron chi connectivity index (χ4n) is 4.24. The average Bonchev–Trinajstić information content (AvgIpc) is 3.46. The Morgan fingerprint density at radius 3 is 2.77 bits per heavy atom. The Balaban J connectivity index is 1.56. The van der Waals surface area contributed by atoms with Gasteiger partial charge in [-0.15, -0.1) is 0 Å². The van der Waals surface area contributed by atoms with E-state index in [2.05, 4.69) is 10.3 Å². The van der Waals surface area contributed by atoms with Gasteiger partial charge in [-0.2, -0.15) is 0 Å². The highest BCUT2D eigenvalue weighted by Gasteiger charge is 2.50. The third-order valence-electron chi connectivity index (χ3n) is 5.65. The number of fused-ring (bicyclic) bond motifs is 3. The van der Waals surface area contributed by atoms with Crippen LogP contribution in [0, 0.1) is 0 Å². The molecule has 2 N–H and O–H groups in total. The number of esters is 1. The number of aromatic nitrogens is 1. The molecule has 1 atom stereocenters. The van der Waals surface area contributed by atoms with Crippen LogP contribution < -0.4 is 10.1 Å². The van der Waals surface area contributed by atoms with Crippen molar-refractivity contribution in [3.05, 3.63) is 89.5 Å². The largest absolute Gasteiger partial charge is 0.489 e. The molecule has 2 aromatic heterocycles. The number of carbonyl (C=O) groups is 1. The highest BCUT2D eigenvalue weighted by atomic mass is 16.5. The lowest BCUT2D eigenvalue weighted by atomic mass is 9.84. The van der Waals surface area contributed by atoms with Gasteiger partial charge in [0.05, 0.1) is 19.1 Å². The van der Waals surface area contributed by atoms with Crippen molar-refractivity contribution < 1.29 is 18.7 Å². The molecule has 6 heteroatoms. The molecule has 0 fully saturated rings. The van der Waals surface area contributed by atoms with Crippen molar-refractivity contribution in [2.75, 3.05) is 13.7 Å². The van der Waals surface area contributed by atoms with Crippen LogP contribution in [0.5, 0.6) is 5.75 Å². The van der Waals surface area contributed by atoms with Crippen LogP contribution in [0.3, 0.4) is 0 Å². The van der Waals surface area contributed by atoms with E-state index in [1.54, 1.807) is 18.4 Å². The number of H-pyrrole nitrogens is 1. The van der Waals surface area contributed by atoms with Gasteiger partial charge in [0.1, 0.15) is 18.1 Å². The monoisotopic (exact) mass is 402 g/mol. The van der Waals surface area contributed by atoms with E-state index in [9.17, 15) is 4.79 Å². The van der Waals surface area contributed by atoms with Gasteiger partial charge in [0.25, 0.3) is 0 Å². The van der Waals surface area contributed by atoms with Crippen LogP contribution in [-0.2, 0) is 28.1 Å². The van der Waals surface area contributed by atoms with E-state index in [0.717, 1.165) is 39.9 Å². The molecule has 5 rings (SSSR count). The lowest BCUT2D eigenvalue weighted by Gasteiger charge is -2.34. The van der Waals surface area contributed by atoms with Gasteiger partial charge in [-0.3, -0.25) is 5.32 Å². The fraction of sp³-hybridized carbons (Fsp3) is 0.208. The maximum atomic E-state index is 13.0. The van der Waals surface area contributed by atoms with Gasteiger partial charge in [-0.25, -0.2) is 4.79 Å². The van der Waals surface area contributed by atoms with Crippen LogP contribution in [0.25, 0.3) is 10.9 Å². The second-order valence-electron chi connectivity index (χ2n) is 7.36. The Hall–Kier alpha value is -3.51. The summed E-state index contributed by atoms with van der Waals surface area (Å²) >= 11 is 0. The third kappa shape index (κ3) is 2.88.